The molecular formula is C19H32N2. The van der Waals surface area contributed by atoms with E-state index in [4.69, 9.17) is 5.73 Å². The van der Waals surface area contributed by atoms with E-state index in [0.29, 0.717) is 18.5 Å². The smallest absolute Gasteiger partial charge is 0.0473 e. The summed E-state index contributed by atoms with van der Waals surface area (Å²) in [7, 11) is 0. The van der Waals surface area contributed by atoms with Crippen LogP contribution in [0.5, 0.6) is 0 Å². The maximum Gasteiger partial charge on any atom is 0.0473 e. The molecule has 0 bridgehead atoms. The van der Waals surface area contributed by atoms with Crippen LogP contribution < -0.4 is 5.73 Å². The van der Waals surface area contributed by atoms with E-state index < -0.39 is 0 Å². The van der Waals surface area contributed by atoms with Gasteiger partial charge >= 0.3 is 0 Å². The average Bonchev–Trinajstić information content (AvgIpc) is 2.99. The largest absolute Gasteiger partial charge is 0.329 e. The van der Waals surface area contributed by atoms with Crippen molar-refractivity contribution >= 4 is 0 Å². The summed E-state index contributed by atoms with van der Waals surface area (Å²) in [4.78, 5) is 2.63. The molecule has 1 aliphatic rings. The molecule has 0 saturated heterocycles. The highest BCUT2D eigenvalue weighted by atomic mass is 15.2. The van der Waals surface area contributed by atoms with Crippen molar-refractivity contribution in [2.75, 3.05) is 13.1 Å². The molecule has 2 heteroatoms. The first-order valence-electron chi connectivity index (χ1n) is 8.70. The number of benzene rings is 1. The van der Waals surface area contributed by atoms with E-state index in [1.807, 2.05) is 0 Å². The molecule has 21 heavy (non-hydrogen) atoms. The van der Waals surface area contributed by atoms with Gasteiger partial charge in [0.1, 0.15) is 0 Å². The summed E-state index contributed by atoms with van der Waals surface area (Å²) in [5, 5.41) is 0. The molecule has 0 aromatic heterocycles. The topological polar surface area (TPSA) is 29.3 Å². The van der Waals surface area contributed by atoms with E-state index in [2.05, 4.69) is 49.9 Å². The van der Waals surface area contributed by atoms with Crippen LogP contribution in [0.25, 0.3) is 0 Å². The summed E-state index contributed by atoms with van der Waals surface area (Å²) in [5.41, 5.74) is 8.95. The molecule has 1 aliphatic carbocycles. The number of likely N-dealkylation sites (N-methyl/N-ethyl adjacent to an activating group) is 1. The third-order valence-electron chi connectivity index (χ3n) is 4.79. The van der Waals surface area contributed by atoms with Gasteiger partial charge in [-0.15, -0.1) is 0 Å². The monoisotopic (exact) mass is 288 g/mol. The Bertz CT molecular complexity index is 404. The lowest BCUT2D eigenvalue weighted by Gasteiger charge is -2.35. The van der Waals surface area contributed by atoms with Crippen molar-refractivity contribution < 1.29 is 0 Å². The zero-order valence-electron chi connectivity index (χ0n) is 14.0. The number of hydrogen-bond donors (Lipinski definition) is 1. The SMILES string of the molecule is CCN(C1CCCC1)C(CN)c1ccc(CC(C)C)cc1. The highest BCUT2D eigenvalue weighted by Gasteiger charge is 2.27. The molecule has 2 N–H and O–H groups in total. The Morgan fingerprint density at radius 3 is 2.24 bits per heavy atom. The van der Waals surface area contributed by atoms with Crippen LogP contribution in [-0.2, 0) is 6.42 Å². The van der Waals surface area contributed by atoms with E-state index in [9.17, 15) is 0 Å². The van der Waals surface area contributed by atoms with Crippen LogP contribution in [0.3, 0.4) is 0 Å². The van der Waals surface area contributed by atoms with Gasteiger partial charge in [-0.1, -0.05) is 57.9 Å². The molecule has 1 aromatic rings. The fraction of sp³-hybridized carbons (Fsp3) is 0.684. The summed E-state index contributed by atoms with van der Waals surface area (Å²) in [5.74, 6) is 0.715. The second-order valence-electron chi connectivity index (χ2n) is 6.86. The molecule has 1 saturated carbocycles. The summed E-state index contributed by atoms with van der Waals surface area (Å²) < 4.78 is 0. The number of nitrogens with two attached hydrogens (primary N) is 1. The van der Waals surface area contributed by atoms with Crippen LogP contribution in [0.1, 0.15) is 63.6 Å². The van der Waals surface area contributed by atoms with Crippen molar-refractivity contribution in [3.8, 4) is 0 Å². The molecule has 0 radical (unpaired) electrons. The van der Waals surface area contributed by atoms with Crippen LogP contribution in [-0.4, -0.2) is 24.0 Å². The standard InChI is InChI=1S/C19H32N2/c1-4-21(18-7-5-6-8-18)19(14-20)17-11-9-16(10-12-17)13-15(2)3/h9-12,15,18-19H,4-8,13-14,20H2,1-3H3. The van der Waals surface area contributed by atoms with Crippen molar-refractivity contribution in [3.63, 3.8) is 0 Å². The Kier molecular flexibility index (Phi) is 6.25. The highest BCUT2D eigenvalue weighted by Crippen LogP contribution is 2.30. The second-order valence-corrected chi connectivity index (χ2v) is 6.86. The van der Waals surface area contributed by atoms with Gasteiger partial charge in [0, 0.05) is 18.6 Å². The van der Waals surface area contributed by atoms with Gasteiger partial charge in [0.25, 0.3) is 0 Å². The molecular weight excluding hydrogens is 256 g/mol. The van der Waals surface area contributed by atoms with Crippen molar-refractivity contribution in [1.82, 2.24) is 4.90 Å². The minimum Gasteiger partial charge on any atom is -0.329 e. The Labute approximate surface area is 130 Å². The quantitative estimate of drug-likeness (QED) is 0.816. The Morgan fingerprint density at radius 2 is 1.76 bits per heavy atom. The lowest BCUT2D eigenvalue weighted by molar-refractivity contribution is 0.147. The van der Waals surface area contributed by atoms with Gasteiger partial charge in [0.15, 0.2) is 0 Å². The predicted molar refractivity (Wildman–Crippen MR) is 91.4 cm³/mol. The molecule has 0 aliphatic heterocycles. The van der Waals surface area contributed by atoms with Crippen LogP contribution in [0.15, 0.2) is 24.3 Å². The van der Waals surface area contributed by atoms with Gasteiger partial charge < -0.3 is 5.73 Å². The number of rotatable bonds is 7. The molecule has 0 spiro atoms. The van der Waals surface area contributed by atoms with Gasteiger partial charge in [-0.25, -0.2) is 0 Å². The highest BCUT2D eigenvalue weighted by molar-refractivity contribution is 5.26. The van der Waals surface area contributed by atoms with Crippen molar-refractivity contribution in [3.05, 3.63) is 35.4 Å². The Hall–Kier alpha value is -0.860. The zero-order chi connectivity index (χ0) is 15.2. The van der Waals surface area contributed by atoms with Gasteiger partial charge in [0.2, 0.25) is 0 Å². The average molecular weight is 288 g/mol. The van der Waals surface area contributed by atoms with Gasteiger partial charge in [0.05, 0.1) is 0 Å². The van der Waals surface area contributed by atoms with Crippen LogP contribution in [0.4, 0.5) is 0 Å². The fourth-order valence-corrected chi connectivity index (χ4v) is 3.78. The minimum atomic E-state index is 0.381. The lowest BCUT2D eigenvalue weighted by atomic mass is 9.98. The summed E-state index contributed by atoms with van der Waals surface area (Å²) >= 11 is 0. The van der Waals surface area contributed by atoms with Crippen LogP contribution >= 0.6 is 0 Å². The first-order valence-corrected chi connectivity index (χ1v) is 8.70. The number of hydrogen-bond acceptors (Lipinski definition) is 2. The molecule has 1 atom stereocenters. The second kappa shape index (κ2) is 7.95. The van der Waals surface area contributed by atoms with Gasteiger partial charge in [-0.3, -0.25) is 4.90 Å². The maximum absolute atomic E-state index is 6.13. The van der Waals surface area contributed by atoms with E-state index in [0.717, 1.165) is 19.0 Å². The molecule has 118 valence electrons. The lowest BCUT2D eigenvalue weighted by Crippen LogP contribution is -2.40. The first-order chi connectivity index (χ1) is 10.2. The fourth-order valence-electron chi connectivity index (χ4n) is 3.78. The maximum atomic E-state index is 6.13. The van der Waals surface area contributed by atoms with Crippen LogP contribution in [0.2, 0.25) is 0 Å². The molecule has 1 fully saturated rings. The third kappa shape index (κ3) is 4.31. The summed E-state index contributed by atoms with van der Waals surface area (Å²) in [6, 6.07) is 10.3. The van der Waals surface area contributed by atoms with E-state index >= 15 is 0 Å². The Balaban J connectivity index is 2.11. The Morgan fingerprint density at radius 1 is 1.14 bits per heavy atom. The molecule has 1 unspecified atom stereocenters. The normalized spacial score (nSPS) is 17.8. The summed E-state index contributed by atoms with van der Waals surface area (Å²) in [6.45, 7) is 8.63. The molecule has 0 amide bonds. The molecule has 2 nitrogen and oxygen atoms in total. The van der Waals surface area contributed by atoms with Crippen molar-refractivity contribution in [1.29, 1.82) is 0 Å². The summed E-state index contributed by atoms with van der Waals surface area (Å²) in [6.07, 6.45) is 6.61. The van der Waals surface area contributed by atoms with E-state index in [1.54, 1.807) is 0 Å². The van der Waals surface area contributed by atoms with E-state index in [-0.39, 0.29) is 0 Å². The third-order valence-corrected chi connectivity index (χ3v) is 4.79. The molecule has 1 aromatic carbocycles. The zero-order valence-corrected chi connectivity index (χ0v) is 14.0. The van der Waals surface area contributed by atoms with Gasteiger partial charge in [-0.2, -0.15) is 0 Å². The van der Waals surface area contributed by atoms with Crippen molar-refractivity contribution in [2.24, 2.45) is 11.7 Å². The van der Waals surface area contributed by atoms with E-state index in [1.165, 1.54) is 36.8 Å². The molecule has 0 heterocycles. The predicted octanol–water partition coefficient (Wildman–Crippen LogP) is 4.15. The first kappa shape index (κ1) is 16.5. The number of nitrogens with zero attached hydrogens (tertiary/aromatic N) is 1. The van der Waals surface area contributed by atoms with Gasteiger partial charge in [-0.05, 0) is 42.9 Å². The van der Waals surface area contributed by atoms with Crippen molar-refractivity contribution in [2.45, 2.75) is 65.0 Å². The minimum absolute atomic E-state index is 0.381. The van der Waals surface area contributed by atoms with Crippen LogP contribution in [0, 0.1) is 5.92 Å². The molecule has 2 rings (SSSR count).